The second-order valence-electron chi connectivity index (χ2n) is 7.92. The minimum absolute atomic E-state index is 0.121. The molecule has 0 spiro atoms. The van der Waals surface area contributed by atoms with Crippen LogP contribution in [0.25, 0.3) is 5.65 Å². The smallest absolute Gasteiger partial charge is 0.270 e. The third-order valence-corrected chi connectivity index (χ3v) is 5.50. The van der Waals surface area contributed by atoms with Crippen molar-refractivity contribution in [2.45, 2.75) is 38.6 Å². The first-order chi connectivity index (χ1) is 14.0. The molecule has 1 N–H and O–H groups in total. The number of aromatic nitrogens is 2. The van der Waals surface area contributed by atoms with Crippen LogP contribution in [-0.4, -0.2) is 39.3 Å². The maximum Gasteiger partial charge on any atom is 0.270 e. The molecule has 2 aromatic heterocycles. The molecule has 1 saturated heterocycles. The summed E-state index contributed by atoms with van der Waals surface area (Å²) in [5, 5.41) is 3.53. The fraction of sp³-hybridized carbons (Fsp3) is 0.348. The van der Waals surface area contributed by atoms with E-state index < -0.39 is 0 Å². The topological polar surface area (TPSA) is 66.7 Å². The summed E-state index contributed by atoms with van der Waals surface area (Å²) in [5.74, 6) is 0.254. The van der Waals surface area contributed by atoms with Crippen LogP contribution in [0, 0.1) is 0 Å². The zero-order valence-corrected chi connectivity index (χ0v) is 16.8. The quantitative estimate of drug-likeness (QED) is 0.740. The van der Waals surface area contributed by atoms with Crippen molar-refractivity contribution in [3.63, 3.8) is 0 Å². The zero-order valence-electron chi connectivity index (χ0n) is 16.8. The molecule has 6 nitrogen and oxygen atoms in total. The average Bonchev–Trinajstić information content (AvgIpc) is 2.74. The number of hydrogen-bond acceptors (Lipinski definition) is 4. The average molecular weight is 390 g/mol. The molecule has 1 atom stereocenters. The molecule has 1 amide bonds. The van der Waals surface area contributed by atoms with Crippen LogP contribution in [0.15, 0.2) is 59.7 Å². The molecule has 0 bridgehead atoms. The van der Waals surface area contributed by atoms with Gasteiger partial charge in [0, 0.05) is 37.2 Å². The van der Waals surface area contributed by atoms with E-state index in [1.807, 2.05) is 6.07 Å². The van der Waals surface area contributed by atoms with E-state index in [-0.39, 0.29) is 23.1 Å². The largest absolute Gasteiger partial charge is 0.381 e. The van der Waals surface area contributed by atoms with Gasteiger partial charge in [-0.1, -0.05) is 32.0 Å². The number of pyridine rings is 1. The van der Waals surface area contributed by atoms with Gasteiger partial charge in [-0.25, -0.2) is 4.98 Å². The lowest BCUT2D eigenvalue weighted by Crippen LogP contribution is -2.46. The summed E-state index contributed by atoms with van der Waals surface area (Å²) in [6, 6.07) is 14.0. The third-order valence-electron chi connectivity index (χ3n) is 5.50. The van der Waals surface area contributed by atoms with Gasteiger partial charge in [0.25, 0.3) is 11.5 Å². The minimum Gasteiger partial charge on any atom is -0.381 e. The SMILES string of the molecule is CC(C)c1ccc(N[C@H]2CCCN(C(=O)c3cnc4ccccn4c3=O)C2)cc1. The Morgan fingerprint density at radius 1 is 1.17 bits per heavy atom. The van der Waals surface area contributed by atoms with Crippen LogP contribution in [0.2, 0.25) is 0 Å². The molecule has 3 aromatic rings. The van der Waals surface area contributed by atoms with Crippen LogP contribution in [0.5, 0.6) is 0 Å². The lowest BCUT2D eigenvalue weighted by Gasteiger charge is -2.33. The summed E-state index contributed by atoms with van der Waals surface area (Å²) in [5.41, 5.74) is 2.70. The van der Waals surface area contributed by atoms with Crippen LogP contribution in [-0.2, 0) is 0 Å². The Kier molecular flexibility index (Phi) is 5.34. The molecule has 6 heteroatoms. The van der Waals surface area contributed by atoms with Gasteiger partial charge >= 0.3 is 0 Å². The van der Waals surface area contributed by atoms with Crippen LogP contribution < -0.4 is 10.9 Å². The van der Waals surface area contributed by atoms with Gasteiger partial charge in [-0.3, -0.25) is 14.0 Å². The van der Waals surface area contributed by atoms with Crippen LogP contribution in [0.4, 0.5) is 5.69 Å². The number of nitrogens with zero attached hydrogens (tertiary/aromatic N) is 3. The van der Waals surface area contributed by atoms with Gasteiger partial charge in [-0.15, -0.1) is 0 Å². The molecule has 4 rings (SSSR count). The second-order valence-corrected chi connectivity index (χ2v) is 7.92. The summed E-state index contributed by atoms with van der Waals surface area (Å²) >= 11 is 0. The molecule has 1 aromatic carbocycles. The molecule has 0 unspecified atom stereocenters. The highest BCUT2D eigenvalue weighted by Gasteiger charge is 2.26. The standard InChI is InChI=1S/C23H26N4O2/c1-16(2)17-8-10-18(11-9-17)25-19-6-5-12-26(15-19)22(28)20-14-24-21-7-3-4-13-27(21)23(20)29/h3-4,7-11,13-14,16,19,25H,5-6,12,15H2,1-2H3/t19-/m0/s1. The Balaban J connectivity index is 1.49. The first kappa shape index (κ1) is 19.2. The fourth-order valence-corrected chi connectivity index (χ4v) is 3.82. The predicted molar refractivity (Wildman–Crippen MR) is 115 cm³/mol. The van der Waals surface area contributed by atoms with Crippen molar-refractivity contribution in [1.29, 1.82) is 0 Å². The Labute approximate surface area is 170 Å². The number of likely N-dealkylation sites (tertiary alicyclic amines) is 1. The molecule has 0 saturated carbocycles. The lowest BCUT2D eigenvalue weighted by atomic mass is 10.0. The van der Waals surface area contributed by atoms with E-state index in [1.54, 1.807) is 23.2 Å². The van der Waals surface area contributed by atoms with Gasteiger partial charge in [-0.05, 0) is 48.6 Å². The summed E-state index contributed by atoms with van der Waals surface area (Å²) in [6.45, 7) is 5.58. The van der Waals surface area contributed by atoms with Gasteiger partial charge in [0.15, 0.2) is 0 Å². The van der Waals surface area contributed by atoms with Crippen molar-refractivity contribution in [3.05, 3.63) is 76.3 Å². The molecule has 3 heterocycles. The maximum absolute atomic E-state index is 13.0. The number of hydrogen-bond donors (Lipinski definition) is 1. The highest BCUT2D eigenvalue weighted by atomic mass is 16.2. The Morgan fingerprint density at radius 3 is 2.72 bits per heavy atom. The van der Waals surface area contributed by atoms with E-state index in [0.29, 0.717) is 24.7 Å². The predicted octanol–water partition coefficient (Wildman–Crippen LogP) is 3.53. The second kappa shape index (κ2) is 8.07. The van der Waals surface area contributed by atoms with Crippen molar-refractivity contribution in [2.75, 3.05) is 18.4 Å². The highest BCUT2D eigenvalue weighted by Crippen LogP contribution is 2.20. The van der Waals surface area contributed by atoms with Gasteiger partial charge in [0.1, 0.15) is 11.2 Å². The number of carbonyl (C=O) groups is 1. The molecule has 1 aliphatic rings. The van der Waals surface area contributed by atoms with Crippen molar-refractivity contribution < 1.29 is 4.79 Å². The van der Waals surface area contributed by atoms with E-state index in [4.69, 9.17) is 0 Å². The van der Waals surface area contributed by atoms with Gasteiger partial charge < -0.3 is 10.2 Å². The van der Waals surface area contributed by atoms with Gasteiger partial charge in [-0.2, -0.15) is 0 Å². The Bertz CT molecular complexity index is 1070. The molecule has 29 heavy (non-hydrogen) atoms. The summed E-state index contributed by atoms with van der Waals surface area (Å²) < 4.78 is 1.42. The number of carbonyl (C=O) groups excluding carboxylic acids is 1. The van der Waals surface area contributed by atoms with Gasteiger partial charge in [0.05, 0.1) is 0 Å². The molecule has 150 valence electrons. The number of piperidine rings is 1. The number of benzene rings is 1. The van der Waals surface area contributed by atoms with Crippen LogP contribution >= 0.6 is 0 Å². The third kappa shape index (κ3) is 4.01. The molecular weight excluding hydrogens is 364 g/mol. The summed E-state index contributed by atoms with van der Waals surface area (Å²) in [4.78, 5) is 31.8. The Morgan fingerprint density at radius 2 is 1.97 bits per heavy atom. The highest BCUT2D eigenvalue weighted by molar-refractivity contribution is 5.93. The molecule has 1 aliphatic heterocycles. The number of nitrogens with one attached hydrogen (secondary N) is 1. The fourth-order valence-electron chi connectivity index (χ4n) is 3.82. The van der Waals surface area contributed by atoms with E-state index in [0.717, 1.165) is 18.5 Å². The van der Waals surface area contributed by atoms with Crippen molar-refractivity contribution in [1.82, 2.24) is 14.3 Å². The van der Waals surface area contributed by atoms with E-state index >= 15 is 0 Å². The molecule has 1 fully saturated rings. The maximum atomic E-state index is 13.0. The van der Waals surface area contributed by atoms with E-state index in [1.165, 1.54) is 16.2 Å². The van der Waals surface area contributed by atoms with Gasteiger partial charge in [0.2, 0.25) is 0 Å². The molecule has 0 aliphatic carbocycles. The molecular formula is C23H26N4O2. The molecule has 0 radical (unpaired) electrons. The first-order valence-corrected chi connectivity index (χ1v) is 10.1. The van der Waals surface area contributed by atoms with Crippen LogP contribution in [0.3, 0.4) is 0 Å². The van der Waals surface area contributed by atoms with Crippen molar-refractivity contribution in [3.8, 4) is 0 Å². The first-order valence-electron chi connectivity index (χ1n) is 10.1. The zero-order chi connectivity index (χ0) is 20.4. The minimum atomic E-state index is -0.319. The Hall–Kier alpha value is -3.15. The van der Waals surface area contributed by atoms with Crippen molar-refractivity contribution >= 4 is 17.2 Å². The summed E-state index contributed by atoms with van der Waals surface area (Å²) in [7, 11) is 0. The number of rotatable bonds is 4. The van der Waals surface area contributed by atoms with E-state index in [9.17, 15) is 9.59 Å². The van der Waals surface area contributed by atoms with Crippen molar-refractivity contribution in [2.24, 2.45) is 0 Å². The summed E-state index contributed by atoms with van der Waals surface area (Å²) in [6.07, 6.45) is 4.94. The lowest BCUT2D eigenvalue weighted by molar-refractivity contribution is 0.0712. The number of amides is 1. The van der Waals surface area contributed by atoms with Crippen LogP contribution in [0.1, 0.15) is 48.5 Å². The number of anilines is 1. The monoisotopic (exact) mass is 390 g/mol. The number of fused-ring (bicyclic) bond motifs is 1. The normalized spacial score (nSPS) is 16.9. The van der Waals surface area contributed by atoms with E-state index in [2.05, 4.69) is 48.4 Å².